The van der Waals surface area contributed by atoms with Crippen molar-refractivity contribution in [1.29, 1.82) is 0 Å². The second kappa shape index (κ2) is 10.3. The van der Waals surface area contributed by atoms with Gasteiger partial charge in [0.15, 0.2) is 0 Å². The van der Waals surface area contributed by atoms with E-state index in [2.05, 4.69) is 0 Å². The molecule has 204 valence electrons. The van der Waals surface area contributed by atoms with Gasteiger partial charge in [-0.25, -0.2) is 4.90 Å². The van der Waals surface area contributed by atoms with Crippen molar-refractivity contribution in [1.82, 2.24) is 4.57 Å². The highest BCUT2D eigenvalue weighted by Gasteiger charge is 2.57. The lowest BCUT2D eigenvalue weighted by Crippen LogP contribution is -2.33. The van der Waals surface area contributed by atoms with E-state index in [0.29, 0.717) is 10.4 Å². The molecule has 2 aliphatic heterocycles. The van der Waals surface area contributed by atoms with E-state index in [9.17, 15) is 32.3 Å². The summed E-state index contributed by atoms with van der Waals surface area (Å²) in [6, 6.07) is 8.70. The molecule has 7 nitrogen and oxygen atoms in total. The molecule has 1 aromatic heterocycles. The van der Waals surface area contributed by atoms with Crippen molar-refractivity contribution in [3.8, 4) is 0 Å². The van der Waals surface area contributed by atoms with Gasteiger partial charge in [-0.1, -0.05) is 64.5 Å². The SMILES string of the molecule is CCOC(=O)Cn1c2c(sc1=O)[C@@H](c1cccc(Cl)c1Cl)[C@@H]1C(=O)N(c3cccc(C(F)(F)F)c3)C(=O)[C@@H]1S2. The van der Waals surface area contributed by atoms with Gasteiger partial charge in [0.2, 0.25) is 11.8 Å². The molecule has 0 aliphatic carbocycles. The van der Waals surface area contributed by atoms with Gasteiger partial charge in [-0.15, -0.1) is 0 Å². The fourth-order valence-corrected chi connectivity index (χ4v) is 7.95. The van der Waals surface area contributed by atoms with Gasteiger partial charge in [-0.05, 0) is 36.8 Å². The zero-order chi connectivity index (χ0) is 28.2. The van der Waals surface area contributed by atoms with Gasteiger partial charge in [0.25, 0.3) is 0 Å². The molecule has 3 heterocycles. The molecule has 0 spiro atoms. The summed E-state index contributed by atoms with van der Waals surface area (Å²) < 4.78 is 46.4. The third-order valence-corrected chi connectivity index (χ3v) is 9.83. The van der Waals surface area contributed by atoms with Gasteiger partial charge in [-0.3, -0.25) is 23.7 Å². The van der Waals surface area contributed by atoms with Crippen LogP contribution in [-0.2, 0) is 31.8 Å². The van der Waals surface area contributed by atoms with Crippen LogP contribution in [0, 0.1) is 5.92 Å². The number of hydrogen-bond acceptors (Lipinski definition) is 7. The number of carbonyl (C=O) groups excluding carboxylic acids is 3. The third-order valence-electron chi connectivity index (χ3n) is 6.39. The average molecular weight is 617 g/mol. The van der Waals surface area contributed by atoms with Crippen LogP contribution >= 0.6 is 46.3 Å². The van der Waals surface area contributed by atoms with Crippen LogP contribution in [0.3, 0.4) is 0 Å². The molecule has 39 heavy (non-hydrogen) atoms. The fraction of sp³-hybridized carbons (Fsp3) is 0.280. The molecule has 0 saturated carbocycles. The summed E-state index contributed by atoms with van der Waals surface area (Å²) in [4.78, 5) is 53.4. The van der Waals surface area contributed by atoms with Crippen LogP contribution in [0.4, 0.5) is 18.9 Å². The third kappa shape index (κ3) is 4.77. The Kier molecular flexibility index (Phi) is 7.34. The van der Waals surface area contributed by atoms with Crippen molar-refractivity contribution in [2.45, 2.75) is 35.8 Å². The van der Waals surface area contributed by atoms with Crippen molar-refractivity contribution in [3.63, 3.8) is 0 Å². The first-order valence-electron chi connectivity index (χ1n) is 11.5. The molecule has 5 rings (SSSR count). The number of halogens is 5. The second-order valence-electron chi connectivity index (χ2n) is 8.67. The Bertz CT molecular complexity index is 1570. The fourth-order valence-electron chi connectivity index (χ4n) is 4.76. The van der Waals surface area contributed by atoms with E-state index >= 15 is 0 Å². The minimum absolute atomic E-state index is 0.0947. The van der Waals surface area contributed by atoms with Crippen LogP contribution in [0.15, 0.2) is 52.3 Å². The van der Waals surface area contributed by atoms with Crippen molar-refractivity contribution >= 4 is 69.8 Å². The van der Waals surface area contributed by atoms with Gasteiger partial charge < -0.3 is 4.74 Å². The smallest absolute Gasteiger partial charge is 0.416 e. The van der Waals surface area contributed by atoms with E-state index in [0.717, 1.165) is 46.2 Å². The van der Waals surface area contributed by atoms with E-state index in [1.165, 1.54) is 16.7 Å². The van der Waals surface area contributed by atoms with E-state index in [1.807, 2.05) is 0 Å². The Balaban J connectivity index is 1.67. The standard InChI is InChI=1S/C25H17Cl2F3N2O5S2/c1-2-37-15(33)10-31-23-20(39-24(31)36)16(13-7-4-8-14(26)18(13)27)17-19(38-23)22(35)32(21(17)34)12-6-3-5-11(9-12)25(28,29)30/h3-9,16-17,19H,2,10H2,1H3/t16-,17-,19+/m0/s1. The normalized spacial score (nSPS) is 20.7. The van der Waals surface area contributed by atoms with E-state index in [1.54, 1.807) is 19.1 Å². The van der Waals surface area contributed by atoms with Crippen LogP contribution < -0.4 is 9.77 Å². The Labute approximate surface area is 237 Å². The van der Waals surface area contributed by atoms with Crippen LogP contribution in [-0.4, -0.2) is 34.2 Å². The van der Waals surface area contributed by atoms with Crippen molar-refractivity contribution in [3.05, 3.63) is 78.2 Å². The number of amides is 2. The first kappa shape index (κ1) is 27.8. The number of imide groups is 1. The molecular weight excluding hydrogens is 600 g/mol. The zero-order valence-electron chi connectivity index (χ0n) is 19.8. The number of thiazole rings is 1. The molecule has 2 aromatic carbocycles. The Hall–Kier alpha value is -2.80. The molecule has 2 amide bonds. The van der Waals surface area contributed by atoms with Gasteiger partial charge in [0, 0.05) is 10.8 Å². The highest BCUT2D eigenvalue weighted by atomic mass is 35.5. The Morgan fingerprint density at radius 1 is 1.08 bits per heavy atom. The van der Waals surface area contributed by atoms with Crippen molar-refractivity contribution in [2.24, 2.45) is 5.92 Å². The summed E-state index contributed by atoms with van der Waals surface area (Å²) in [5, 5.41) is -0.541. The maximum absolute atomic E-state index is 13.8. The topological polar surface area (TPSA) is 85.7 Å². The summed E-state index contributed by atoms with van der Waals surface area (Å²) in [5.41, 5.74) is -0.865. The van der Waals surface area contributed by atoms with E-state index < -0.39 is 58.0 Å². The molecule has 2 aliphatic rings. The van der Waals surface area contributed by atoms with Gasteiger partial charge >= 0.3 is 17.0 Å². The maximum Gasteiger partial charge on any atom is 0.416 e. The lowest BCUT2D eigenvalue weighted by atomic mass is 9.83. The number of thioether (sulfide) groups is 1. The number of ether oxygens (including phenoxy) is 1. The molecule has 0 radical (unpaired) electrons. The largest absolute Gasteiger partial charge is 0.465 e. The number of hydrogen-bond donors (Lipinski definition) is 0. The lowest BCUT2D eigenvalue weighted by Gasteiger charge is -2.31. The molecule has 1 saturated heterocycles. The van der Waals surface area contributed by atoms with Crippen molar-refractivity contribution < 1.29 is 32.3 Å². The predicted molar refractivity (Wildman–Crippen MR) is 141 cm³/mol. The molecule has 0 unspecified atom stereocenters. The first-order chi connectivity index (χ1) is 18.4. The number of alkyl halides is 3. The van der Waals surface area contributed by atoms with Gasteiger partial charge in [0.05, 0.1) is 38.8 Å². The molecule has 0 N–H and O–H groups in total. The minimum atomic E-state index is -4.69. The molecule has 14 heteroatoms. The van der Waals surface area contributed by atoms with Crippen LogP contribution in [0.1, 0.15) is 28.8 Å². The summed E-state index contributed by atoms with van der Waals surface area (Å²) in [6.45, 7) is 1.29. The molecular formula is C25H17Cl2F3N2O5S2. The summed E-state index contributed by atoms with van der Waals surface area (Å²) in [5.74, 6) is -4.18. The summed E-state index contributed by atoms with van der Waals surface area (Å²) in [6.07, 6.45) is -4.69. The number of fused-ring (bicyclic) bond motifs is 2. The highest BCUT2D eigenvalue weighted by Crippen LogP contribution is 2.55. The monoisotopic (exact) mass is 616 g/mol. The Morgan fingerprint density at radius 3 is 2.49 bits per heavy atom. The highest BCUT2D eigenvalue weighted by molar-refractivity contribution is 8.00. The van der Waals surface area contributed by atoms with Crippen LogP contribution in [0.5, 0.6) is 0 Å². The predicted octanol–water partition coefficient (Wildman–Crippen LogP) is 5.59. The number of esters is 1. The molecule has 3 atom stereocenters. The number of rotatable bonds is 5. The number of benzene rings is 2. The summed E-state index contributed by atoms with van der Waals surface area (Å²) in [7, 11) is 0. The minimum Gasteiger partial charge on any atom is -0.465 e. The number of nitrogens with zero attached hydrogens (tertiary/aromatic N) is 2. The number of carbonyl (C=O) groups is 3. The molecule has 0 bridgehead atoms. The molecule has 3 aromatic rings. The van der Waals surface area contributed by atoms with Crippen LogP contribution in [0.2, 0.25) is 10.0 Å². The zero-order valence-corrected chi connectivity index (χ0v) is 23.0. The van der Waals surface area contributed by atoms with E-state index in [-0.39, 0.29) is 27.4 Å². The van der Waals surface area contributed by atoms with Crippen molar-refractivity contribution in [2.75, 3.05) is 11.5 Å². The van der Waals surface area contributed by atoms with Gasteiger partial charge in [-0.2, -0.15) is 13.2 Å². The maximum atomic E-state index is 13.8. The number of anilines is 1. The van der Waals surface area contributed by atoms with Crippen LogP contribution in [0.25, 0.3) is 0 Å². The molecule has 1 fully saturated rings. The Morgan fingerprint density at radius 2 is 1.79 bits per heavy atom. The second-order valence-corrected chi connectivity index (χ2v) is 11.6. The first-order valence-corrected chi connectivity index (χ1v) is 13.9. The average Bonchev–Trinajstić information content (AvgIpc) is 3.32. The number of aromatic nitrogens is 1. The van der Waals surface area contributed by atoms with E-state index in [4.69, 9.17) is 27.9 Å². The summed E-state index contributed by atoms with van der Waals surface area (Å²) >= 11 is 14.5. The lowest BCUT2D eigenvalue weighted by molar-refractivity contribution is -0.144. The van der Waals surface area contributed by atoms with Gasteiger partial charge in [0.1, 0.15) is 11.8 Å². The quantitative estimate of drug-likeness (QED) is 0.274.